The van der Waals surface area contributed by atoms with Gasteiger partial charge in [-0.1, -0.05) is 30.0 Å². The van der Waals surface area contributed by atoms with E-state index in [1.807, 2.05) is 6.07 Å². The van der Waals surface area contributed by atoms with E-state index in [1.54, 1.807) is 18.0 Å². The first-order valence-electron chi connectivity index (χ1n) is 4.68. The zero-order chi connectivity index (χ0) is 12.1. The van der Waals surface area contributed by atoms with Crippen molar-refractivity contribution in [1.29, 1.82) is 5.26 Å². The van der Waals surface area contributed by atoms with E-state index in [4.69, 9.17) is 5.26 Å². The van der Waals surface area contributed by atoms with Crippen LogP contribution in [-0.2, 0) is 0 Å². The summed E-state index contributed by atoms with van der Waals surface area (Å²) in [7, 11) is 0. The van der Waals surface area contributed by atoms with Gasteiger partial charge in [0.15, 0.2) is 14.4 Å². The number of aromatic nitrogens is 4. The predicted molar refractivity (Wildman–Crippen MR) is 67.2 cm³/mol. The van der Waals surface area contributed by atoms with Crippen molar-refractivity contribution in [3.8, 4) is 6.07 Å². The molecule has 2 aromatic rings. The van der Waals surface area contributed by atoms with Crippen LogP contribution >= 0.6 is 34.9 Å². The van der Waals surface area contributed by atoms with Crippen LogP contribution in [0.15, 0.2) is 26.1 Å². The molecule has 8 heteroatoms. The van der Waals surface area contributed by atoms with Crippen LogP contribution in [0.4, 0.5) is 0 Å². The number of hydrogen-bond acceptors (Lipinski definition) is 8. The highest BCUT2D eigenvalue weighted by Gasteiger charge is 2.10. The molecule has 0 bridgehead atoms. The van der Waals surface area contributed by atoms with Crippen molar-refractivity contribution >= 4 is 34.9 Å². The number of nitrogens with zero attached hydrogens (tertiary/aromatic N) is 5. The molecule has 0 saturated heterocycles. The highest BCUT2D eigenvalue weighted by atomic mass is 32.2. The van der Waals surface area contributed by atoms with Crippen molar-refractivity contribution in [2.45, 2.75) is 20.6 Å². The molecule has 0 aromatic carbocycles. The lowest BCUT2D eigenvalue weighted by atomic mass is 10.5. The second kappa shape index (κ2) is 5.95. The van der Waals surface area contributed by atoms with Crippen molar-refractivity contribution in [3.63, 3.8) is 0 Å². The van der Waals surface area contributed by atoms with Crippen LogP contribution in [0.5, 0.6) is 0 Å². The quantitative estimate of drug-likeness (QED) is 0.797. The van der Waals surface area contributed by atoms with Crippen LogP contribution in [0.25, 0.3) is 0 Å². The molecule has 0 radical (unpaired) electrons. The molecule has 0 fully saturated rings. The summed E-state index contributed by atoms with van der Waals surface area (Å²) in [6.07, 6.45) is 3.06. The summed E-state index contributed by atoms with van der Waals surface area (Å²) in [5.41, 5.74) is 0.317. The highest BCUT2D eigenvalue weighted by Crippen LogP contribution is 2.33. The van der Waals surface area contributed by atoms with Gasteiger partial charge in [-0.15, -0.1) is 10.2 Å². The first-order valence-corrected chi connectivity index (χ1v) is 7.30. The molecule has 0 spiro atoms. The average molecular weight is 281 g/mol. The molecule has 2 aromatic heterocycles. The van der Waals surface area contributed by atoms with Gasteiger partial charge in [-0.3, -0.25) is 0 Å². The van der Waals surface area contributed by atoms with Crippen LogP contribution in [0.2, 0.25) is 0 Å². The van der Waals surface area contributed by atoms with Gasteiger partial charge < -0.3 is 0 Å². The number of nitriles is 1. The van der Waals surface area contributed by atoms with Crippen LogP contribution < -0.4 is 0 Å². The lowest BCUT2D eigenvalue weighted by Gasteiger charge is -1.96. The van der Waals surface area contributed by atoms with E-state index in [0.717, 1.165) is 14.4 Å². The van der Waals surface area contributed by atoms with Gasteiger partial charge >= 0.3 is 0 Å². The SMILES string of the molecule is CCSc1nnc(Sc2nccnc2C#N)s1. The Kier molecular flexibility index (Phi) is 4.30. The van der Waals surface area contributed by atoms with Crippen molar-refractivity contribution in [3.05, 3.63) is 18.1 Å². The molecule has 17 heavy (non-hydrogen) atoms. The normalized spacial score (nSPS) is 10.1. The second-order valence-electron chi connectivity index (χ2n) is 2.69. The third-order valence-corrected chi connectivity index (χ3v) is 4.59. The molecule has 0 unspecified atom stereocenters. The average Bonchev–Trinajstić information content (AvgIpc) is 2.78. The summed E-state index contributed by atoms with van der Waals surface area (Å²) in [5, 5.41) is 17.5. The summed E-state index contributed by atoms with van der Waals surface area (Å²) in [6.45, 7) is 2.06. The van der Waals surface area contributed by atoms with Crippen LogP contribution in [0, 0.1) is 11.3 Å². The van der Waals surface area contributed by atoms with Crippen molar-refractivity contribution in [2.75, 3.05) is 5.75 Å². The molecule has 0 aliphatic heterocycles. The molecule has 0 atom stereocenters. The lowest BCUT2D eigenvalue weighted by molar-refractivity contribution is 0.949. The van der Waals surface area contributed by atoms with Gasteiger partial charge in [-0.2, -0.15) is 5.26 Å². The standard InChI is InChI=1S/C9H7N5S3/c1-2-15-8-13-14-9(17-8)16-7-6(5-10)11-3-4-12-7/h3-4H,2H2,1H3. The fraction of sp³-hybridized carbons (Fsp3) is 0.222. The highest BCUT2D eigenvalue weighted by molar-refractivity contribution is 8.03. The molecule has 0 aliphatic rings. The first kappa shape index (κ1) is 12.3. The molecule has 2 rings (SSSR count). The summed E-state index contributed by atoms with van der Waals surface area (Å²) >= 11 is 4.47. The smallest absolute Gasteiger partial charge is 0.181 e. The Bertz CT molecular complexity index is 548. The van der Waals surface area contributed by atoms with Gasteiger partial charge in [0.25, 0.3) is 0 Å². The first-order chi connectivity index (χ1) is 8.33. The van der Waals surface area contributed by atoms with E-state index in [-0.39, 0.29) is 0 Å². The second-order valence-corrected chi connectivity index (χ2v) is 6.42. The van der Waals surface area contributed by atoms with Crippen molar-refractivity contribution < 1.29 is 0 Å². The maximum atomic E-state index is 8.88. The van der Waals surface area contributed by atoms with E-state index in [0.29, 0.717) is 10.7 Å². The Morgan fingerprint density at radius 3 is 2.82 bits per heavy atom. The van der Waals surface area contributed by atoms with Gasteiger partial charge in [0.05, 0.1) is 0 Å². The maximum absolute atomic E-state index is 8.88. The Hall–Kier alpha value is -1.17. The molecular weight excluding hydrogens is 274 g/mol. The number of hydrogen-bond donors (Lipinski definition) is 0. The fourth-order valence-corrected chi connectivity index (χ4v) is 3.82. The van der Waals surface area contributed by atoms with Crippen molar-refractivity contribution in [1.82, 2.24) is 20.2 Å². The summed E-state index contributed by atoms with van der Waals surface area (Å²) < 4.78 is 1.70. The van der Waals surface area contributed by atoms with E-state index in [1.165, 1.54) is 29.3 Å². The molecule has 0 N–H and O–H groups in total. The summed E-state index contributed by atoms with van der Waals surface area (Å²) in [6, 6.07) is 2.00. The molecule has 0 amide bonds. The molecule has 2 heterocycles. The molecule has 86 valence electrons. The van der Waals surface area contributed by atoms with Crippen molar-refractivity contribution in [2.24, 2.45) is 0 Å². The number of thioether (sulfide) groups is 1. The van der Waals surface area contributed by atoms with Crippen LogP contribution in [0.3, 0.4) is 0 Å². The van der Waals surface area contributed by atoms with Gasteiger partial charge in [-0.25, -0.2) is 9.97 Å². The van der Waals surface area contributed by atoms with E-state index in [2.05, 4.69) is 27.1 Å². The van der Waals surface area contributed by atoms with Gasteiger partial charge in [-0.05, 0) is 17.5 Å². The monoisotopic (exact) mass is 281 g/mol. The van der Waals surface area contributed by atoms with Crippen LogP contribution in [-0.4, -0.2) is 25.9 Å². The molecule has 5 nitrogen and oxygen atoms in total. The minimum absolute atomic E-state index is 0.317. The predicted octanol–water partition coefficient (Wildman–Crippen LogP) is 2.46. The third kappa shape index (κ3) is 3.15. The van der Waals surface area contributed by atoms with E-state index >= 15 is 0 Å². The summed E-state index contributed by atoms with van der Waals surface area (Å²) in [4.78, 5) is 8.05. The van der Waals surface area contributed by atoms with Gasteiger partial charge in [0.1, 0.15) is 11.1 Å². The fourth-order valence-electron chi connectivity index (χ4n) is 0.980. The Morgan fingerprint density at radius 2 is 2.06 bits per heavy atom. The van der Waals surface area contributed by atoms with Gasteiger partial charge in [0, 0.05) is 12.4 Å². The molecule has 0 saturated carbocycles. The topological polar surface area (TPSA) is 75.3 Å². The largest absolute Gasteiger partial charge is 0.245 e. The number of rotatable bonds is 4. The molecular formula is C9H7N5S3. The van der Waals surface area contributed by atoms with E-state index in [9.17, 15) is 0 Å². The third-order valence-electron chi connectivity index (χ3n) is 1.61. The minimum atomic E-state index is 0.317. The Balaban J connectivity index is 2.17. The van der Waals surface area contributed by atoms with E-state index < -0.39 is 0 Å². The molecule has 0 aliphatic carbocycles. The lowest BCUT2D eigenvalue weighted by Crippen LogP contribution is -1.89. The maximum Gasteiger partial charge on any atom is 0.181 e. The zero-order valence-electron chi connectivity index (χ0n) is 8.82. The Labute approximate surface area is 111 Å². The zero-order valence-corrected chi connectivity index (χ0v) is 11.3. The Morgan fingerprint density at radius 1 is 1.29 bits per heavy atom. The van der Waals surface area contributed by atoms with Gasteiger partial charge in [0.2, 0.25) is 0 Å². The minimum Gasteiger partial charge on any atom is -0.245 e. The summed E-state index contributed by atoms with van der Waals surface area (Å²) in [5.74, 6) is 0.966. The van der Waals surface area contributed by atoms with Crippen LogP contribution in [0.1, 0.15) is 12.6 Å².